The van der Waals surface area contributed by atoms with Crippen molar-refractivity contribution in [3.63, 3.8) is 0 Å². The van der Waals surface area contributed by atoms with Gasteiger partial charge in [-0.3, -0.25) is 9.59 Å². The third-order valence-electron chi connectivity index (χ3n) is 4.81. The van der Waals surface area contributed by atoms with E-state index in [4.69, 9.17) is 11.6 Å². The molecule has 0 bridgehead atoms. The summed E-state index contributed by atoms with van der Waals surface area (Å²) in [5, 5.41) is 10.0. The average molecular weight is 511 g/mol. The van der Waals surface area contributed by atoms with E-state index in [-0.39, 0.29) is 23.3 Å². The standard InChI is InChI=1S/C20H19ClF4N2O5S/c1-4-27(3)17(28)11-5-7-12(8-6-11)33(31,32)14-10-9-13(15(21)16(14)22)26-18(29)19(2,30)20(23,24)25/h5-10,30H,4H2,1-3H3,(H,26,29). The Bertz CT molecular complexity index is 1180. The van der Waals surface area contributed by atoms with Crippen LogP contribution in [0.15, 0.2) is 46.2 Å². The lowest BCUT2D eigenvalue weighted by atomic mass is 10.1. The van der Waals surface area contributed by atoms with E-state index >= 15 is 0 Å². The fourth-order valence-electron chi connectivity index (χ4n) is 2.48. The summed E-state index contributed by atoms with van der Waals surface area (Å²) in [6.07, 6.45) is -5.33. The van der Waals surface area contributed by atoms with E-state index in [1.807, 2.05) is 0 Å². The predicted molar refractivity (Wildman–Crippen MR) is 111 cm³/mol. The van der Waals surface area contributed by atoms with Crippen LogP contribution >= 0.6 is 11.6 Å². The minimum Gasteiger partial charge on any atom is -0.373 e. The maximum Gasteiger partial charge on any atom is 0.426 e. The van der Waals surface area contributed by atoms with Crippen LogP contribution in [0.5, 0.6) is 0 Å². The molecule has 0 spiro atoms. The zero-order valence-electron chi connectivity index (χ0n) is 17.5. The number of benzene rings is 2. The molecule has 0 saturated carbocycles. The molecule has 0 aliphatic heterocycles. The molecule has 2 aromatic carbocycles. The number of carbonyl (C=O) groups is 2. The summed E-state index contributed by atoms with van der Waals surface area (Å²) in [7, 11) is -2.93. The first kappa shape index (κ1) is 26.6. The molecular formula is C20H19ClF4N2O5S. The molecule has 0 aromatic heterocycles. The van der Waals surface area contributed by atoms with Crippen molar-refractivity contribution in [2.24, 2.45) is 0 Å². The first-order chi connectivity index (χ1) is 15.1. The van der Waals surface area contributed by atoms with E-state index in [1.54, 1.807) is 19.3 Å². The molecule has 7 nitrogen and oxygen atoms in total. The Morgan fingerprint density at radius 1 is 1.12 bits per heavy atom. The van der Waals surface area contributed by atoms with Gasteiger partial charge in [-0.1, -0.05) is 11.6 Å². The maximum atomic E-state index is 14.8. The third-order valence-corrected chi connectivity index (χ3v) is 6.97. The van der Waals surface area contributed by atoms with Crippen molar-refractivity contribution in [1.82, 2.24) is 4.90 Å². The second-order valence-electron chi connectivity index (χ2n) is 7.11. The molecule has 1 unspecified atom stereocenters. The van der Waals surface area contributed by atoms with Crippen molar-refractivity contribution < 1.29 is 40.7 Å². The molecule has 33 heavy (non-hydrogen) atoms. The van der Waals surface area contributed by atoms with E-state index < -0.39 is 48.9 Å². The molecule has 13 heteroatoms. The fraction of sp³-hybridized carbons (Fsp3) is 0.300. The van der Waals surface area contributed by atoms with Gasteiger partial charge >= 0.3 is 6.18 Å². The molecule has 0 aliphatic rings. The van der Waals surface area contributed by atoms with Crippen molar-refractivity contribution in [3.8, 4) is 0 Å². The smallest absolute Gasteiger partial charge is 0.373 e. The summed E-state index contributed by atoms with van der Waals surface area (Å²) < 4.78 is 78.8. The summed E-state index contributed by atoms with van der Waals surface area (Å²) in [4.78, 5) is 24.1. The van der Waals surface area contributed by atoms with E-state index in [1.165, 1.54) is 17.0 Å². The van der Waals surface area contributed by atoms with Gasteiger partial charge in [-0.15, -0.1) is 0 Å². The summed E-state index contributed by atoms with van der Waals surface area (Å²) in [6.45, 7) is 2.36. The average Bonchev–Trinajstić information content (AvgIpc) is 2.74. The van der Waals surface area contributed by atoms with Gasteiger partial charge in [0.05, 0.1) is 10.6 Å². The number of hydrogen-bond acceptors (Lipinski definition) is 5. The van der Waals surface area contributed by atoms with Gasteiger partial charge < -0.3 is 15.3 Å². The molecule has 180 valence electrons. The van der Waals surface area contributed by atoms with Crippen LogP contribution in [0.25, 0.3) is 0 Å². The van der Waals surface area contributed by atoms with Crippen LogP contribution in [0.1, 0.15) is 24.2 Å². The van der Waals surface area contributed by atoms with Crippen LogP contribution in [0.2, 0.25) is 5.02 Å². The van der Waals surface area contributed by atoms with Crippen LogP contribution in [-0.4, -0.2) is 55.6 Å². The monoisotopic (exact) mass is 510 g/mol. The largest absolute Gasteiger partial charge is 0.426 e. The van der Waals surface area contributed by atoms with Gasteiger partial charge in [0.15, 0.2) is 5.82 Å². The van der Waals surface area contributed by atoms with Crippen molar-refractivity contribution in [1.29, 1.82) is 0 Å². The normalized spacial score (nSPS) is 13.8. The molecule has 0 saturated heterocycles. The second kappa shape index (κ2) is 9.27. The highest BCUT2D eigenvalue weighted by atomic mass is 35.5. The highest BCUT2D eigenvalue weighted by Gasteiger charge is 2.55. The number of nitrogens with one attached hydrogen (secondary N) is 1. The predicted octanol–water partition coefficient (Wildman–Crippen LogP) is 3.66. The number of alkyl halides is 3. The Labute approximate surface area is 191 Å². The SMILES string of the molecule is CCN(C)C(=O)c1ccc(S(=O)(=O)c2ccc(NC(=O)C(C)(O)C(F)(F)F)c(Cl)c2F)cc1. The first-order valence-electron chi connectivity index (χ1n) is 9.24. The quantitative estimate of drug-likeness (QED) is 0.577. The molecule has 1 atom stereocenters. The van der Waals surface area contributed by atoms with Crippen LogP contribution in [0.3, 0.4) is 0 Å². The topological polar surface area (TPSA) is 104 Å². The van der Waals surface area contributed by atoms with E-state index in [9.17, 15) is 40.7 Å². The summed E-state index contributed by atoms with van der Waals surface area (Å²) in [6, 6.07) is 6.17. The number of rotatable bonds is 6. The number of nitrogens with zero attached hydrogens (tertiary/aromatic N) is 1. The number of aliphatic hydroxyl groups is 1. The number of amides is 2. The van der Waals surface area contributed by atoms with Gasteiger partial charge in [0.1, 0.15) is 9.92 Å². The van der Waals surface area contributed by atoms with Crippen LogP contribution in [-0.2, 0) is 14.6 Å². The Balaban J connectivity index is 2.39. The lowest BCUT2D eigenvalue weighted by Gasteiger charge is -2.25. The van der Waals surface area contributed by atoms with Gasteiger partial charge in [-0.05, 0) is 50.2 Å². The number of halogens is 5. The highest BCUT2D eigenvalue weighted by Crippen LogP contribution is 2.35. The van der Waals surface area contributed by atoms with E-state index in [2.05, 4.69) is 0 Å². The molecule has 2 aromatic rings. The number of anilines is 1. The highest BCUT2D eigenvalue weighted by molar-refractivity contribution is 7.91. The maximum absolute atomic E-state index is 14.8. The fourth-order valence-corrected chi connectivity index (χ4v) is 4.08. The van der Waals surface area contributed by atoms with E-state index in [0.717, 1.165) is 18.2 Å². The molecular weight excluding hydrogens is 492 g/mol. The summed E-state index contributed by atoms with van der Waals surface area (Å²) in [5.41, 5.74) is -4.28. The minimum absolute atomic E-state index is 0.193. The van der Waals surface area contributed by atoms with Crippen LogP contribution in [0.4, 0.5) is 23.2 Å². The van der Waals surface area contributed by atoms with Gasteiger partial charge in [-0.2, -0.15) is 13.2 Å². The van der Waals surface area contributed by atoms with Crippen molar-refractivity contribution in [2.45, 2.75) is 35.4 Å². The Morgan fingerprint density at radius 3 is 2.15 bits per heavy atom. The van der Waals surface area contributed by atoms with Crippen molar-refractivity contribution in [3.05, 3.63) is 52.8 Å². The molecule has 2 N–H and O–H groups in total. The molecule has 0 heterocycles. The van der Waals surface area contributed by atoms with Gasteiger partial charge in [-0.25, -0.2) is 12.8 Å². The summed E-state index contributed by atoms with van der Waals surface area (Å²) in [5.74, 6) is -3.82. The molecule has 2 rings (SSSR count). The molecule has 0 radical (unpaired) electrons. The Morgan fingerprint density at radius 2 is 1.67 bits per heavy atom. The van der Waals surface area contributed by atoms with Crippen LogP contribution < -0.4 is 5.32 Å². The molecule has 2 amide bonds. The van der Waals surface area contributed by atoms with Gasteiger partial charge in [0, 0.05) is 19.2 Å². The zero-order chi connectivity index (χ0) is 25.4. The Hall–Kier alpha value is -2.70. The molecule has 0 fully saturated rings. The second-order valence-corrected chi connectivity index (χ2v) is 9.41. The zero-order valence-corrected chi connectivity index (χ0v) is 19.1. The summed E-state index contributed by atoms with van der Waals surface area (Å²) >= 11 is 5.75. The number of carbonyl (C=O) groups excluding carboxylic acids is 2. The van der Waals surface area contributed by atoms with E-state index in [0.29, 0.717) is 12.6 Å². The molecule has 0 aliphatic carbocycles. The Kier molecular flexibility index (Phi) is 7.46. The van der Waals surface area contributed by atoms with Crippen molar-refractivity contribution in [2.75, 3.05) is 18.9 Å². The first-order valence-corrected chi connectivity index (χ1v) is 11.1. The lowest BCUT2D eigenvalue weighted by molar-refractivity contribution is -0.242. The van der Waals surface area contributed by atoms with Crippen molar-refractivity contribution >= 4 is 38.9 Å². The number of sulfone groups is 1. The van der Waals surface area contributed by atoms with Crippen LogP contribution in [0, 0.1) is 5.82 Å². The van der Waals surface area contributed by atoms with Gasteiger partial charge in [0.2, 0.25) is 15.4 Å². The minimum atomic E-state index is -5.33. The van der Waals surface area contributed by atoms with Gasteiger partial charge in [0.25, 0.3) is 11.8 Å². The third kappa shape index (κ3) is 5.12. The number of hydrogen-bond donors (Lipinski definition) is 2. The lowest BCUT2D eigenvalue weighted by Crippen LogP contribution is -2.52.